The minimum absolute atomic E-state index is 0.108. The molecule has 1 aromatic carbocycles. The quantitative estimate of drug-likeness (QED) is 0.659. The van der Waals surface area contributed by atoms with Gasteiger partial charge in [-0.15, -0.1) is 6.42 Å². The maximum absolute atomic E-state index is 13.6. The standard InChI is InChI=1S/C15H11FN2O/c1-3-11-12(15(19)17-2)9-13(16)18-14(11)10-7-5-4-6-8-10/h1,4-9H,2H3,(H,17,19). The molecule has 0 saturated heterocycles. The molecule has 1 N–H and O–H groups in total. The molecule has 1 heterocycles. The van der Waals surface area contributed by atoms with Crippen LogP contribution in [0.4, 0.5) is 4.39 Å². The van der Waals surface area contributed by atoms with Gasteiger partial charge in [0.15, 0.2) is 0 Å². The number of amides is 1. The van der Waals surface area contributed by atoms with Gasteiger partial charge < -0.3 is 5.32 Å². The van der Waals surface area contributed by atoms with Gasteiger partial charge in [-0.2, -0.15) is 4.39 Å². The van der Waals surface area contributed by atoms with E-state index in [-0.39, 0.29) is 11.1 Å². The van der Waals surface area contributed by atoms with Crippen molar-refractivity contribution < 1.29 is 9.18 Å². The zero-order chi connectivity index (χ0) is 13.8. The Balaban J connectivity index is 2.72. The summed E-state index contributed by atoms with van der Waals surface area (Å²) in [6.45, 7) is 0. The number of carbonyl (C=O) groups excluding carboxylic acids is 1. The zero-order valence-corrected chi connectivity index (χ0v) is 10.3. The molecule has 0 aliphatic rings. The van der Waals surface area contributed by atoms with Crippen LogP contribution in [0.25, 0.3) is 11.3 Å². The van der Waals surface area contributed by atoms with Crippen molar-refractivity contribution >= 4 is 5.91 Å². The molecular formula is C15H11FN2O. The number of nitrogens with one attached hydrogen (secondary N) is 1. The highest BCUT2D eigenvalue weighted by molar-refractivity contribution is 5.98. The van der Waals surface area contributed by atoms with Crippen molar-refractivity contribution in [2.45, 2.75) is 0 Å². The van der Waals surface area contributed by atoms with Crippen LogP contribution in [0.1, 0.15) is 15.9 Å². The number of hydrogen-bond donors (Lipinski definition) is 1. The Morgan fingerprint density at radius 2 is 2.05 bits per heavy atom. The first kappa shape index (κ1) is 12.8. The predicted octanol–water partition coefficient (Wildman–Crippen LogP) is 2.23. The van der Waals surface area contributed by atoms with Crippen molar-refractivity contribution in [3.63, 3.8) is 0 Å². The van der Waals surface area contributed by atoms with Crippen LogP contribution in [-0.2, 0) is 0 Å². The topological polar surface area (TPSA) is 42.0 Å². The Bertz CT molecular complexity index is 660. The van der Waals surface area contributed by atoms with E-state index in [0.29, 0.717) is 11.3 Å². The van der Waals surface area contributed by atoms with E-state index in [4.69, 9.17) is 6.42 Å². The normalized spacial score (nSPS) is 9.74. The van der Waals surface area contributed by atoms with Crippen LogP contribution in [0.3, 0.4) is 0 Å². The lowest BCUT2D eigenvalue weighted by Crippen LogP contribution is -2.20. The smallest absolute Gasteiger partial charge is 0.252 e. The molecule has 0 bridgehead atoms. The summed E-state index contributed by atoms with van der Waals surface area (Å²) < 4.78 is 13.6. The number of nitrogens with zero attached hydrogens (tertiary/aromatic N) is 1. The van der Waals surface area contributed by atoms with E-state index >= 15 is 0 Å². The number of rotatable bonds is 2. The van der Waals surface area contributed by atoms with Crippen LogP contribution < -0.4 is 5.32 Å². The number of pyridine rings is 1. The van der Waals surface area contributed by atoms with Gasteiger partial charge in [0.05, 0.1) is 16.8 Å². The molecular weight excluding hydrogens is 243 g/mol. The van der Waals surface area contributed by atoms with E-state index < -0.39 is 11.9 Å². The van der Waals surface area contributed by atoms with Gasteiger partial charge in [0.1, 0.15) is 0 Å². The van der Waals surface area contributed by atoms with Gasteiger partial charge in [-0.05, 0) is 0 Å². The van der Waals surface area contributed by atoms with E-state index in [1.54, 1.807) is 24.3 Å². The molecule has 4 heteroatoms. The first-order valence-corrected chi connectivity index (χ1v) is 5.62. The van der Waals surface area contributed by atoms with Crippen molar-refractivity contribution in [2.24, 2.45) is 0 Å². The molecule has 0 radical (unpaired) electrons. The fraction of sp³-hybridized carbons (Fsp3) is 0.0667. The lowest BCUT2D eigenvalue weighted by atomic mass is 10.0. The average Bonchev–Trinajstić information content (AvgIpc) is 2.46. The highest BCUT2D eigenvalue weighted by Gasteiger charge is 2.17. The summed E-state index contributed by atoms with van der Waals surface area (Å²) in [5.41, 5.74) is 1.35. The molecule has 0 saturated carbocycles. The molecule has 94 valence electrons. The Kier molecular flexibility index (Phi) is 3.58. The van der Waals surface area contributed by atoms with Crippen molar-refractivity contribution in [1.29, 1.82) is 0 Å². The van der Waals surface area contributed by atoms with E-state index in [2.05, 4.69) is 16.2 Å². The van der Waals surface area contributed by atoms with Gasteiger partial charge in [-0.1, -0.05) is 36.3 Å². The molecule has 3 nitrogen and oxygen atoms in total. The Morgan fingerprint density at radius 1 is 1.37 bits per heavy atom. The molecule has 2 rings (SSSR count). The lowest BCUT2D eigenvalue weighted by molar-refractivity contribution is 0.0962. The van der Waals surface area contributed by atoms with Crippen LogP contribution in [-0.4, -0.2) is 17.9 Å². The molecule has 0 aliphatic heterocycles. The summed E-state index contributed by atoms with van der Waals surface area (Å²) in [4.78, 5) is 15.5. The van der Waals surface area contributed by atoms with Gasteiger partial charge in [0, 0.05) is 18.7 Å². The highest BCUT2D eigenvalue weighted by Crippen LogP contribution is 2.24. The summed E-state index contributed by atoms with van der Waals surface area (Å²) >= 11 is 0. The van der Waals surface area contributed by atoms with Crippen LogP contribution >= 0.6 is 0 Å². The predicted molar refractivity (Wildman–Crippen MR) is 71.0 cm³/mol. The van der Waals surface area contributed by atoms with Gasteiger partial charge in [-0.25, -0.2) is 4.98 Å². The summed E-state index contributed by atoms with van der Waals surface area (Å²) in [6, 6.07) is 9.98. The van der Waals surface area contributed by atoms with Crippen molar-refractivity contribution in [1.82, 2.24) is 10.3 Å². The number of hydrogen-bond acceptors (Lipinski definition) is 2. The second kappa shape index (κ2) is 5.32. The third-order valence-electron chi connectivity index (χ3n) is 2.65. The van der Waals surface area contributed by atoms with Gasteiger partial charge in [0.25, 0.3) is 5.91 Å². The molecule has 19 heavy (non-hydrogen) atoms. The SMILES string of the molecule is C#Cc1c(C(=O)NC)cc(F)nc1-c1ccccc1. The van der Waals surface area contributed by atoms with Gasteiger partial charge in [0.2, 0.25) is 5.95 Å². The first-order valence-electron chi connectivity index (χ1n) is 5.62. The fourth-order valence-corrected chi connectivity index (χ4v) is 1.78. The fourth-order valence-electron chi connectivity index (χ4n) is 1.78. The van der Waals surface area contributed by atoms with Gasteiger partial charge >= 0.3 is 0 Å². The third-order valence-corrected chi connectivity index (χ3v) is 2.65. The number of benzene rings is 1. The highest BCUT2D eigenvalue weighted by atomic mass is 19.1. The number of terminal acetylenes is 1. The second-order valence-corrected chi connectivity index (χ2v) is 3.81. The average molecular weight is 254 g/mol. The summed E-state index contributed by atoms with van der Waals surface area (Å²) in [5.74, 6) is 1.24. The van der Waals surface area contributed by atoms with Crippen LogP contribution in [0.2, 0.25) is 0 Å². The molecule has 0 atom stereocenters. The van der Waals surface area contributed by atoms with E-state index in [1.165, 1.54) is 7.05 Å². The largest absolute Gasteiger partial charge is 0.355 e. The molecule has 0 fully saturated rings. The minimum Gasteiger partial charge on any atom is -0.355 e. The van der Waals surface area contributed by atoms with E-state index in [9.17, 15) is 9.18 Å². The number of aromatic nitrogens is 1. The Labute approximate surface area is 110 Å². The van der Waals surface area contributed by atoms with Crippen LogP contribution in [0.15, 0.2) is 36.4 Å². The molecule has 1 aromatic heterocycles. The Hall–Kier alpha value is -2.67. The molecule has 0 spiro atoms. The maximum atomic E-state index is 13.6. The first-order chi connectivity index (χ1) is 9.17. The molecule has 0 aliphatic carbocycles. The summed E-state index contributed by atoms with van der Waals surface area (Å²) in [6.07, 6.45) is 5.44. The van der Waals surface area contributed by atoms with Crippen molar-refractivity contribution in [3.8, 4) is 23.6 Å². The Morgan fingerprint density at radius 3 is 2.63 bits per heavy atom. The minimum atomic E-state index is -0.739. The molecule has 2 aromatic rings. The lowest BCUT2D eigenvalue weighted by Gasteiger charge is -2.09. The summed E-state index contributed by atoms with van der Waals surface area (Å²) in [5, 5.41) is 2.43. The molecule has 1 amide bonds. The number of halogens is 1. The van der Waals surface area contributed by atoms with Crippen LogP contribution in [0, 0.1) is 18.3 Å². The second-order valence-electron chi connectivity index (χ2n) is 3.81. The monoisotopic (exact) mass is 254 g/mol. The van der Waals surface area contributed by atoms with Crippen molar-refractivity contribution in [2.75, 3.05) is 7.05 Å². The van der Waals surface area contributed by atoms with Crippen molar-refractivity contribution in [3.05, 3.63) is 53.5 Å². The molecule has 0 unspecified atom stereocenters. The van der Waals surface area contributed by atoms with E-state index in [1.807, 2.05) is 6.07 Å². The van der Waals surface area contributed by atoms with Crippen LogP contribution in [0.5, 0.6) is 0 Å². The van der Waals surface area contributed by atoms with Gasteiger partial charge in [-0.3, -0.25) is 4.79 Å². The maximum Gasteiger partial charge on any atom is 0.252 e. The third kappa shape index (κ3) is 2.45. The van der Waals surface area contributed by atoms with E-state index in [0.717, 1.165) is 6.07 Å². The summed E-state index contributed by atoms with van der Waals surface area (Å²) in [7, 11) is 1.46. The number of carbonyl (C=O) groups is 1. The zero-order valence-electron chi connectivity index (χ0n) is 10.3.